The van der Waals surface area contributed by atoms with E-state index in [9.17, 15) is 0 Å². The Balaban J connectivity index is 2.02. The minimum Gasteiger partial charge on any atom is -0.304 e. The van der Waals surface area contributed by atoms with Gasteiger partial charge in [-0.25, -0.2) is 4.98 Å². The Labute approximate surface area is 186 Å². The molecule has 0 atom stereocenters. The Hall–Kier alpha value is -2.65. The third kappa shape index (κ3) is 4.12. The summed E-state index contributed by atoms with van der Waals surface area (Å²) in [7, 11) is 2.23. The van der Waals surface area contributed by atoms with E-state index in [1.54, 1.807) is 0 Å². The highest BCUT2D eigenvalue weighted by molar-refractivity contribution is 5.95. The van der Waals surface area contributed by atoms with Crippen LogP contribution in [0.4, 0.5) is 0 Å². The molecule has 0 spiro atoms. The zero-order chi connectivity index (χ0) is 22.0. The molecule has 4 aromatic rings. The lowest BCUT2D eigenvalue weighted by molar-refractivity contribution is 0.278. The fourth-order valence-electron chi connectivity index (χ4n) is 4.58. The Morgan fingerprint density at radius 1 is 0.935 bits per heavy atom. The van der Waals surface area contributed by atoms with Crippen molar-refractivity contribution in [2.24, 2.45) is 0 Å². The highest BCUT2D eigenvalue weighted by atomic mass is 15.1. The van der Waals surface area contributed by atoms with Crippen molar-refractivity contribution >= 4 is 16.4 Å². The molecule has 3 nitrogen and oxygen atoms in total. The van der Waals surface area contributed by atoms with Gasteiger partial charge in [-0.1, -0.05) is 61.9 Å². The van der Waals surface area contributed by atoms with E-state index in [4.69, 9.17) is 4.98 Å². The number of para-hydroxylation sites is 1. The van der Waals surface area contributed by atoms with Gasteiger partial charge < -0.3 is 4.90 Å². The largest absolute Gasteiger partial charge is 0.304 e. The minimum absolute atomic E-state index is 0.544. The molecule has 0 aliphatic rings. The zero-order valence-corrected chi connectivity index (χ0v) is 19.7. The minimum atomic E-state index is 0.544. The number of hydrogen-bond acceptors (Lipinski definition) is 2. The predicted octanol–water partition coefficient (Wildman–Crippen LogP) is 6.69. The maximum Gasteiger partial charge on any atom is 0.111 e. The molecular weight excluding hydrogens is 378 g/mol. The average Bonchev–Trinajstić information content (AvgIpc) is 3.12. The van der Waals surface area contributed by atoms with Crippen molar-refractivity contribution in [3.05, 3.63) is 71.5 Å². The molecule has 0 unspecified atom stereocenters. The topological polar surface area (TPSA) is 20.5 Å². The van der Waals surface area contributed by atoms with Crippen LogP contribution in [0.5, 0.6) is 0 Å². The molecule has 0 aliphatic heterocycles. The lowest BCUT2D eigenvalue weighted by atomic mass is 9.97. The van der Waals surface area contributed by atoms with Crippen molar-refractivity contribution < 1.29 is 0 Å². The summed E-state index contributed by atoms with van der Waals surface area (Å²) in [6.45, 7) is 10.0. The van der Waals surface area contributed by atoms with Gasteiger partial charge in [0.05, 0.1) is 16.7 Å². The molecule has 2 aromatic carbocycles. The second kappa shape index (κ2) is 9.23. The van der Waals surface area contributed by atoms with Crippen LogP contribution in [0.1, 0.15) is 50.6 Å². The fourth-order valence-corrected chi connectivity index (χ4v) is 4.58. The van der Waals surface area contributed by atoms with E-state index in [0.29, 0.717) is 6.04 Å². The average molecular weight is 414 g/mol. The molecule has 2 heterocycles. The molecule has 4 rings (SSSR count). The highest BCUT2D eigenvalue weighted by Gasteiger charge is 2.21. The summed E-state index contributed by atoms with van der Waals surface area (Å²) in [5.41, 5.74) is 7.91. The number of likely N-dealkylation sites (N-methyl/N-ethyl adjacent to an activating group) is 1. The van der Waals surface area contributed by atoms with E-state index in [2.05, 4.69) is 98.6 Å². The third-order valence-corrected chi connectivity index (χ3v) is 6.57. The van der Waals surface area contributed by atoms with Crippen LogP contribution in [-0.2, 0) is 12.8 Å². The molecular formula is C28H35N3. The van der Waals surface area contributed by atoms with Crippen LogP contribution in [0.2, 0.25) is 0 Å². The van der Waals surface area contributed by atoms with Crippen LogP contribution in [0.15, 0.2) is 54.6 Å². The fraction of sp³-hybridized carbons (Fsp3) is 0.393. The van der Waals surface area contributed by atoms with Gasteiger partial charge in [-0.2, -0.15) is 0 Å². The van der Waals surface area contributed by atoms with Crippen LogP contribution in [0, 0.1) is 6.92 Å². The second-order valence-corrected chi connectivity index (χ2v) is 8.96. The molecule has 0 radical (unpaired) electrons. The lowest BCUT2D eigenvalue weighted by Crippen LogP contribution is -2.28. The van der Waals surface area contributed by atoms with Crippen LogP contribution in [0.25, 0.3) is 27.7 Å². The molecule has 0 bridgehead atoms. The molecule has 0 amide bonds. The number of fused-ring (bicyclic) bond motifs is 3. The summed E-state index contributed by atoms with van der Waals surface area (Å²) in [6, 6.07) is 20.1. The maximum atomic E-state index is 5.16. The number of hydrogen-bond donors (Lipinski definition) is 0. The van der Waals surface area contributed by atoms with Crippen LogP contribution < -0.4 is 0 Å². The Kier molecular flexibility index (Phi) is 6.43. The number of rotatable bonds is 8. The molecule has 3 heteroatoms. The Morgan fingerprint density at radius 3 is 2.35 bits per heavy atom. The number of aryl methyl sites for hydroxylation is 2. The monoisotopic (exact) mass is 413 g/mol. The van der Waals surface area contributed by atoms with Gasteiger partial charge in [0.25, 0.3) is 0 Å². The zero-order valence-electron chi connectivity index (χ0n) is 19.7. The molecule has 162 valence electrons. The smallest absolute Gasteiger partial charge is 0.111 e. The number of aromatic nitrogens is 2. The van der Waals surface area contributed by atoms with Gasteiger partial charge >= 0.3 is 0 Å². The van der Waals surface area contributed by atoms with Gasteiger partial charge in [-0.15, -0.1) is 0 Å². The number of unbranched alkanes of at least 4 members (excludes halogenated alkanes) is 1. The molecule has 0 fully saturated rings. The summed E-state index contributed by atoms with van der Waals surface area (Å²) in [5, 5.41) is 1.37. The van der Waals surface area contributed by atoms with Crippen molar-refractivity contribution in [3.8, 4) is 11.3 Å². The summed E-state index contributed by atoms with van der Waals surface area (Å²) in [5.74, 6) is 1.06. The molecule has 0 saturated heterocycles. The maximum absolute atomic E-state index is 5.16. The summed E-state index contributed by atoms with van der Waals surface area (Å²) in [6.07, 6.45) is 4.45. The Morgan fingerprint density at radius 2 is 1.65 bits per heavy atom. The van der Waals surface area contributed by atoms with Crippen molar-refractivity contribution in [1.82, 2.24) is 14.3 Å². The second-order valence-electron chi connectivity index (χ2n) is 8.96. The van der Waals surface area contributed by atoms with E-state index in [-0.39, 0.29) is 0 Å². The quantitative estimate of drug-likeness (QED) is 0.321. The summed E-state index contributed by atoms with van der Waals surface area (Å²) >= 11 is 0. The SMILES string of the molecule is CCCCc1c(-c2ccccc2)nc(C)n2c1c(CCN(C)C(C)C)c1ccccc12. The van der Waals surface area contributed by atoms with Crippen LogP contribution >= 0.6 is 0 Å². The van der Waals surface area contributed by atoms with Gasteiger partial charge in [-0.3, -0.25) is 4.40 Å². The third-order valence-electron chi connectivity index (χ3n) is 6.57. The van der Waals surface area contributed by atoms with Crippen LogP contribution in [0.3, 0.4) is 0 Å². The van der Waals surface area contributed by atoms with Crippen LogP contribution in [-0.4, -0.2) is 33.9 Å². The molecule has 31 heavy (non-hydrogen) atoms. The number of benzene rings is 2. The highest BCUT2D eigenvalue weighted by Crippen LogP contribution is 2.35. The number of nitrogens with zero attached hydrogens (tertiary/aromatic N) is 3. The first-order valence-corrected chi connectivity index (χ1v) is 11.7. The van der Waals surface area contributed by atoms with E-state index < -0.39 is 0 Å². The van der Waals surface area contributed by atoms with E-state index >= 15 is 0 Å². The van der Waals surface area contributed by atoms with E-state index in [1.807, 2.05) is 0 Å². The summed E-state index contributed by atoms with van der Waals surface area (Å²) in [4.78, 5) is 7.60. The first kappa shape index (κ1) is 21.6. The van der Waals surface area contributed by atoms with E-state index in [1.165, 1.54) is 46.0 Å². The molecule has 0 aliphatic carbocycles. The Bertz CT molecular complexity index is 1170. The predicted molar refractivity (Wildman–Crippen MR) is 133 cm³/mol. The lowest BCUT2D eigenvalue weighted by Gasteiger charge is -2.21. The molecule has 2 aromatic heterocycles. The van der Waals surface area contributed by atoms with Crippen molar-refractivity contribution in [2.75, 3.05) is 13.6 Å². The standard InChI is InChI=1S/C28H35N3/c1-6-7-15-25-27(22-13-9-8-10-14-22)29-21(4)31-26-17-12-11-16-23(26)24(28(25)31)18-19-30(5)20(2)3/h8-14,16-17,20H,6-7,15,18-19H2,1-5H3. The normalized spacial score (nSPS) is 12.0. The van der Waals surface area contributed by atoms with Gasteiger partial charge in [0, 0.05) is 29.1 Å². The van der Waals surface area contributed by atoms with Crippen molar-refractivity contribution in [3.63, 3.8) is 0 Å². The summed E-state index contributed by atoms with van der Waals surface area (Å²) < 4.78 is 2.41. The van der Waals surface area contributed by atoms with Gasteiger partial charge in [0.2, 0.25) is 0 Å². The van der Waals surface area contributed by atoms with Crippen molar-refractivity contribution in [1.29, 1.82) is 0 Å². The van der Waals surface area contributed by atoms with Gasteiger partial charge in [0.15, 0.2) is 0 Å². The van der Waals surface area contributed by atoms with Crippen molar-refractivity contribution in [2.45, 2.75) is 59.4 Å². The first-order valence-electron chi connectivity index (χ1n) is 11.7. The molecule has 0 N–H and O–H groups in total. The molecule has 0 saturated carbocycles. The first-order chi connectivity index (χ1) is 15.0. The van der Waals surface area contributed by atoms with Gasteiger partial charge in [0.1, 0.15) is 5.82 Å². The van der Waals surface area contributed by atoms with Gasteiger partial charge in [-0.05, 0) is 58.7 Å². The van der Waals surface area contributed by atoms with E-state index in [0.717, 1.165) is 30.9 Å².